The molecule has 0 bridgehead atoms. The number of piperidine rings is 1. The summed E-state index contributed by atoms with van der Waals surface area (Å²) in [6, 6.07) is 9.84. The number of nitrogens with one attached hydrogen (secondary N) is 1. The van der Waals surface area contributed by atoms with Gasteiger partial charge in [0.05, 0.1) is 15.8 Å². The first kappa shape index (κ1) is 23.6. The Morgan fingerprint density at radius 1 is 1.29 bits per heavy atom. The molecular formula is C23H26ClN7O3S. The summed E-state index contributed by atoms with van der Waals surface area (Å²) >= 11 is 7.45. The molecule has 1 N–H and O–H groups in total. The van der Waals surface area contributed by atoms with Crippen molar-refractivity contribution in [1.82, 2.24) is 34.7 Å². The summed E-state index contributed by atoms with van der Waals surface area (Å²) in [5.41, 5.74) is 0.649. The lowest BCUT2D eigenvalue weighted by Crippen LogP contribution is -2.47. The molecule has 0 unspecified atom stereocenters. The predicted octanol–water partition coefficient (Wildman–Crippen LogP) is 4.45. The minimum atomic E-state index is -0.553. The minimum absolute atomic E-state index is 0.0282. The number of carbonyl (C=O) groups excluding carboxylic acids is 1. The molecule has 184 valence electrons. The minimum Gasteiger partial charge on any atom is -0.373 e. The summed E-state index contributed by atoms with van der Waals surface area (Å²) in [7, 11) is 0. The van der Waals surface area contributed by atoms with Crippen LogP contribution in [0.1, 0.15) is 32.4 Å². The number of aromatic nitrogens is 5. The summed E-state index contributed by atoms with van der Waals surface area (Å²) < 4.78 is 15.0. The molecule has 4 aromatic heterocycles. The van der Waals surface area contributed by atoms with Crippen molar-refractivity contribution in [3.8, 4) is 22.6 Å². The monoisotopic (exact) mass is 515 g/mol. The Kier molecular flexibility index (Phi) is 6.89. The number of halogens is 1. The maximum Gasteiger partial charge on any atom is 0.415 e. The first-order valence-corrected chi connectivity index (χ1v) is 12.7. The van der Waals surface area contributed by atoms with Crippen LogP contribution in [0.4, 0.5) is 4.79 Å². The van der Waals surface area contributed by atoms with E-state index in [1.54, 1.807) is 9.25 Å². The number of ether oxygens (including phenoxy) is 1. The summed E-state index contributed by atoms with van der Waals surface area (Å²) in [4.78, 5) is 20.3. The molecule has 4 aromatic rings. The van der Waals surface area contributed by atoms with Crippen LogP contribution in [0.3, 0.4) is 0 Å². The van der Waals surface area contributed by atoms with E-state index in [1.807, 2.05) is 42.7 Å². The first-order chi connectivity index (χ1) is 16.9. The van der Waals surface area contributed by atoms with Crippen LogP contribution in [-0.2, 0) is 6.54 Å². The Bertz CT molecular complexity index is 1270. The fourth-order valence-corrected chi connectivity index (χ4v) is 5.06. The predicted molar refractivity (Wildman–Crippen MR) is 132 cm³/mol. The van der Waals surface area contributed by atoms with Gasteiger partial charge in [-0.3, -0.25) is 4.57 Å². The van der Waals surface area contributed by atoms with Gasteiger partial charge in [-0.15, -0.1) is 16.4 Å². The maximum atomic E-state index is 12.5. The van der Waals surface area contributed by atoms with Crippen LogP contribution in [0.5, 0.6) is 6.01 Å². The summed E-state index contributed by atoms with van der Waals surface area (Å²) in [6.07, 6.45) is 4.90. The molecule has 1 fully saturated rings. The third-order valence-electron chi connectivity index (χ3n) is 5.92. The van der Waals surface area contributed by atoms with Crippen LogP contribution in [0.25, 0.3) is 16.6 Å². The van der Waals surface area contributed by atoms with Gasteiger partial charge in [0.1, 0.15) is 5.69 Å². The second-order valence-electron chi connectivity index (χ2n) is 8.67. The van der Waals surface area contributed by atoms with Crippen LogP contribution >= 0.6 is 22.9 Å². The molecule has 0 spiro atoms. The van der Waals surface area contributed by atoms with Gasteiger partial charge in [0.2, 0.25) is 5.95 Å². The van der Waals surface area contributed by atoms with E-state index >= 15 is 0 Å². The standard InChI is InChI=1S/C23H26ClN7O3S/c1-15(2)29-11-7-16(8-12-29)25-23(32)33-21-26-22(30-9-3-4-10-30)31(27-21)14-17-13-18(34-28-17)19-5-6-20(24)35-19/h3-6,9-10,13,15-16H,7-8,11-12,14H2,1-2H3,(H,25,32). The number of rotatable bonds is 7. The lowest BCUT2D eigenvalue weighted by Gasteiger charge is -2.34. The molecule has 5 heterocycles. The molecule has 0 saturated carbocycles. The number of nitrogens with zero attached hydrogens (tertiary/aromatic N) is 6. The number of carbonyl (C=O) groups is 1. The average molecular weight is 516 g/mol. The van der Waals surface area contributed by atoms with Crippen LogP contribution in [0, 0.1) is 0 Å². The lowest BCUT2D eigenvalue weighted by molar-refractivity contribution is 0.151. The van der Waals surface area contributed by atoms with Crippen molar-refractivity contribution in [2.24, 2.45) is 0 Å². The number of hydrogen-bond donors (Lipinski definition) is 1. The maximum absolute atomic E-state index is 12.5. The van der Waals surface area contributed by atoms with Crippen molar-refractivity contribution in [1.29, 1.82) is 0 Å². The van der Waals surface area contributed by atoms with Crippen molar-refractivity contribution >= 4 is 29.0 Å². The third-order valence-corrected chi connectivity index (χ3v) is 7.17. The third kappa shape index (κ3) is 5.58. The molecule has 35 heavy (non-hydrogen) atoms. The average Bonchev–Trinajstić information content (AvgIpc) is 3.62. The van der Waals surface area contributed by atoms with Crippen LogP contribution in [-0.4, -0.2) is 60.7 Å². The van der Waals surface area contributed by atoms with Crippen molar-refractivity contribution in [2.45, 2.75) is 45.3 Å². The highest BCUT2D eigenvalue weighted by Gasteiger charge is 2.24. The normalized spacial score (nSPS) is 15.1. The van der Waals surface area contributed by atoms with Gasteiger partial charge >= 0.3 is 12.1 Å². The summed E-state index contributed by atoms with van der Waals surface area (Å²) in [5.74, 6) is 1.12. The van der Waals surface area contributed by atoms with E-state index in [1.165, 1.54) is 11.3 Å². The SMILES string of the molecule is CC(C)N1CCC(NC(=O)Oc2nc(-n3cccc3)n(Cc3cc(-c4ccc(Cl)s4)on3)n2)CC1. The fraction of sp³-hybridized carbons (Fsp3) is 0.391. The Labute approximate surface area is 211 Å². The van der Waals surface area contributed by atoms with E-state index in [-0.39, 0.29) is 18.6 Å². The van der Waals surface area contributed by atoms with Gasteiger partial charge in [0.25, 0.3) is 0 Å². The molecule has 1 saturated heterocycles. The van der Waals surface area contributed by atoms with Crippen molar-refractivity contribution < 1.29 is 14.1 Å². The summed E-state index contributed by atoms with van der Waals surface area (Å²) in [6.45, 7) is 6.55. The highest BCUT2D eigenvalue weighted by atomic mass is 35.5. The van der Waals surface area contributed by atoms with Crippen molar-refractivity contribution in [3.63, 3.8) is 0 Å². The molecular weight excluding hydrogens is 490 g/mol. The second kappa shape index (κ2) is 10.2. The Hall–Kier alpha value is -3.15. The zero-order valence-electron chi connectivity index (χ0n) is 19.4. The Morgan fingerprint density at radius 2 is 2.06 bits per heavy atom. The van der Waals surface area contributed by atoms with E-state index < -0.39 is 6.09 Å². The summed E-state index contributed by atoms with van der Waals surface area (Å²) in [5, 5.41) is 11.5. The van der Waals surface area contributed by atoms with Crippen LogP contribution in [0.2, 0.25) is 4.34 Å². The second-order valence-corrected chi connectivity index (χ2v) is 10.4. The van der Waals surface area contributed by atoms with Gasteiger partial charge < -0.3 is 19.5 Å². The molecule has 1 aliphatic rings. The van der Waals surface area contributed by atoms with E-state index in [0.717, 1.165) is 30.8 Å². The van der Waals surface area contributed by atoms with E-state index in [4.69, 9.17) is 20.9 Å². The molecule has 1 amide bonds. The van der Waals surface area contributed by atoms with Crippen LogP contribution < -0.4 is 10.1 Å². The van der Waals surface area contributed by atoms with Crippen LogP contribution in [0.15, 0.2) is 47.2 Å². The first-order valence-electron chi connectivity index (χ1n) is 11.5. The lowest BCUT2D eigenvalue weighted by atomic mass is 10.0. The largest absolute Gasteiger partial charge is 0.415 e. The van der Waals surface area contributed by atoms with Crippen molar-refractivity contribution in [2.75, 3.05) is 13.1 Å². The van der Waals surface area contributed by atoms with E-state index in [2.05, 4.69) is 39.3 Å². The highest BCUT2D eigenvalue weighted by Crippen LogP contribution is 2.31. The van der Waals surface area contributed by atoms with Gasteiger partial charge in [-0.1, -0.05) is 16.8 Å². The molecule has 0 aromatic carbocycles. The van der Waals surface area contributed by atoms with Gasteiger partial charge in [-0.25, -0.2) is 9.48 Å². The molecule has 0 atom stereocenters. The zero-order valence-corrected chi connectivity index (χ0v) is 21.0. The Morgan fingerprint density at radius 3 is 2.74 bits per heavy atom. The smallest absolute Gasteiger partial charge is 0.373 e. The van der Waals surface area contributed by atoms with E-state index in [9.17, 15) is 4.79 Å². The fourth-order valence-electron chi connectivity index (χ4n) is 4.06. The highest BCUT2D eigenvalue weighted by molar-refractivity contribution is 7.19. The van der Waals surface area contributed by atoms with Gasteiger partial charge in [-0.05, 0) is 51.0 Å². The molecule has 1 aliphatic heterocycles. The number of amides is 1. The number of thiophene rings is 1. The molecule has 12 heteroatoms. The van der Waals surface area contributed by atoms with Crippen molar-refractivity contribution in [3.05, 3.63) is 52.8 Å². The molecule has 10 nitrogen and oxygen atoms in total. The topological polar surface area (TPSA) is 103 Å². The number of hydrogen-bond acceptors (Lipinski definition) is 8. The quantitative estimate of drug-likeness (QED) is 0.388. The van der Waals surface area contributed by atoms with E-state index in [0.29, 0.717) is 27.8 Å². The van der Waals surface area contributed by atoms with Gasteiger partial charge in [0, 0.05) is 43.6 Å². The Balaban J connectivity index is 1.28. The molecule has 5 rings (SSSR count). The molecule has 0 radical (unpaired) electrons. The number of likely N-dealkylation sites (tertiary alicyclic amines) is 1. The van der Waals surface area contributed by atoms with Gasteiger partial charge in [-0.2, -0.15) is 4.98 Å². The zero-order chi connectivity index (χ0) is 24.4. The molecule has 0 aliphatic carbocycles. The van der Waals surface area contributed by atoms with Gasteiger partial charge in [0.15, 0.2) is 5.76 Å².